The number of nitrogens with zero attached hydrogens (tertiary/aromatic N) is 1. The molecule has 1 aromatic rings. The van der Waals surface area contributed by atoms with Crippen molar-refractivity contribution in [2.75, 3.05) is 6.54 Å². The van der Waals surface area contributed by atoms with Crippen LogP contribution in [0.4, 0.5) is 4.79 Å². The lowest BCUT2D eigenvalue weighted by Crippen LogP contribution is -2.34. The molecule has 0 aliphatic carbocycles. The monoisotopic (exact) mass is 330 g/mol. The van der Waals surface area contributed by atoms with E-state index in [0.717, 1.165) is 5.56 Å². The summed E-state index contributed by atoms with van der Waals surface area (Å²) in [7, 11) is 0. The van der Waals surface area contributed by atoms with Crippen molar-refractivity contribution < 1.29 is 19.7 Å². The first kappa shape index (κ1) is 18.7. The van der Waals surface area contributed by atoms with Crippen LogP contribution < -0.4 is 5.32 Å². The standard InChI is InChI=1S/C15H23ClN2O4/c1-9-7-10(13(16)18-8-9)12(20)11(19)5-6-17-14(21)22-15(2,3)4/h7-8,11-12,19-20H,5-6H2,1-4H3,(H,17,21). The second kappa shape index (κ2) is 7.76. The van der Waals surface area contributed by atoms with Crippen molar-refractivity contribution in [2.24, 2.45) is 0 Å². The predicted molar refractivity (Wildman–Crippen MR) is 83.8 cm³/mol. The van der Waals surface area contributed by atoms with Crippen LogP contribution in [0.5, 0.6) is 0 Å². The van der Waals surface area contributed by atoms with Crippen LogP contribution in [0.2, 0.25) is 5.15 Å². The Morgan fingerprint density at radius 1 is 1.45 bits per heavy atom. The van der Waals surface area contributed by atoms with Gasteiger partial charge in [-0.05, 0) is 45.7 Å². The van der Waals surface area contributed by atoms with Crippen molar-refractivity contribution in [3.05, 3.63) is 28.5 Å². The normalized spacial score (nSPS) is 14.3. The smallest absolute Gasteiger partial charge is 0.407 e. The van der Waals surface area contributed by atoms with Gasteiger partial charge in [0.15, 0.2) is 0 Å². The molecule has 6 nitrogen and oxygen atoms in total. The molecule has 2 atom stereocenters. The molecule has 124 valence electrons. The number of aryl methyl sites for hydroxylation is 1. The average Bonchev–Trinajstić information content (AvgIpc) is 2.38. The summed E-state index contributed by atoms with van der Waals surface area (Å²) in [6, 6.07) is 1.67. The number of aliphatic hydroxyl groups is 2. The van der Waals surface area contributed by atoms with Gasteiger partial charge < -0.3 is 20.3 Å². The number of carbonyl (C=O) groups is 1. The summed E-state index contributed by atoms with van der Waals surface area (Å²) < 4.78 is 5.07. The molecule has 0 aliphatic rings. The van der Waals surface area contributed by atoms with Crippen LogP contribution in [0.3, 0.4) is 0 Å². The predicted octanol–water partition coefficient (Wildman–Crippen LogP) is 2.35. The highest BCUT2D eigenvalue weighted by Crippen LogP contribution is 2.25. The number of pyridine rings is 1. The Morgan fingerprint density at radius 2 is 2.09 bits per heavy atom. The second-order valence-electron chi connectivity index (χ2n) is 6.12. The minimum atomic E-state index is -1.17. The van der Waals surface area contributed by atoms with E-state index >= 15 is 0 Å². The average molecular weight is 331 g/mol. The summed E-state index contributed by atoms with van der Waals surface area (Å²) >= 11 is 5.92. The van der Waals surface area contributed by atoms with E-state index in [0.29, 0.717) is 5.56 Å². The van der Waals surface area contributed by atoms with Crippen LogP contribution in [0, 0.1) is 6.92 Å². The Hall–Kier alpha value is -1.37. The molecule has 0 aromatic carbocycles. The summed E-state index contributed by atoms with van der Waals surface area (Å²) in [5.74, 6) is 0. The maximum absolute atomic E-state index is 11.5. The number of halogens is 1. The van der Waals surface area contributed by atoms with Crippen molar-refractivity contribution >= 4 is 17.7 Å². The molecule has 2 unspecified atom stereocenters. The van der Waals surface area contributed by atoms with Gasteiger partial charge in [-0.3, -0.25) is 0 Å². The molecule has 0 fully saturated rings. The van der Waals surface area contributed by atoms with Crippen molar-refractivity contribution in [3.63, 3.8) is 0 Å². The summed E-state index contributed by atoms with van der Waals surface area (Å²) in [5.41, 5.74) is 0.618. The number of alkyl carbamates (subject to hydrolysis) is 1. The Bertz CT molecular complexity index is 517. The lowest BCUT2D eigenvalue weighted by atomic mass is 10.0. The first-order valence-electron chi connectivity index (χ1n) is 7.05. The summed E-state index contributed by atoms with van der Waals surface area (Å²) in [6.45, 7) is 7.27. The number of aliphatic hydroxyl groups excluding tert-OH is 2. The summed E-state index contributed by atoms with van der Waals surface area (Å²) in [5, 5.41) is 22.8. The number of nitrogens with one attached hydrogen (secondary N) is 1. The van der Waals surface area contributed by atoms with Gasteiger partial charge in [-0.15, -0.1) is 0 Å². The summed E-state index contributed by atoms with van der Waals surface area (Å²) in [4.78, 5) is 15.4. The SMILES string of the molecule is Cc1cnc(Cl)c(C(O)C(O)CCNC(=O)OC(C)(C)C)c1. The number of aromatic nitrogens is 1. The lowest BCUT2D eigenvalue weighted by molar-refractivity contribution is 0.0121. The number of amides is 1. The maximum atomic E-state index is 11.5. The Kier molecular flexibility index (Phi) is 6.59. The minimum absolute atomic E-state index is 0.150. The zero-order chi connectivity index (χ0) is 16.9. The van der Waals surface area contributed by atoms with E-state index in [1.165, 1.54) is 0 Å². The molecule has 0 saturated heterocycles. The van der Waals surface area contributed by atoms with Crippen molar-refractivity contribution in [1.82, 2.24) is 10.3 Å². The van der Waals surface area contributed by atoms with Gasteiger partial charge in [-0.1, -0.05) is 11.6 Å². The zero-order valence-electron chi connectivity index (χ0n) is 13.3. The van der Waals surface area contributed by atoms with E-state index in [2.05, 4.69) is 10.3 Å². The number of hydrogen-bond acceptors (Lipinski definition) is 5. The third-order valence-electron chi connectivity index (χ3n) is 2.79. The third kappa shape index (κ3) is 6.17. The Balaban J connectivity index is 2.50. The topological polar surface area (TPSA) is 91.7 Å². The molecule has 0 aliphatic heterocycles. The number of carbonyl (C=O) groups excluding carboxylic acids is 1. The highest BCUT2D eigenvalue weighted by atomic mass is 35.5. The molecule has 1 amide bonds. The van der Waals surface area contributed by atoms with Gasteiger partial charge in [0.25, 0.3) is 0 Å². The van der Waals surface area contributed by atoms with Gasteiger partial charge in [-0.2, -0.15) is 0 Å². The molecule has 3 N–H and O–H groups in total. The minimum Gasteiger partial charge on any atom is -0.444 e. The highest BCUT2D eigenvalue weighted by molar-refractivity contribution is 6.30. The second-order valence-corrected chi connectivity index (χ2v) is 6.48. The van der Waals surface area contributed by atoms with Crippen LogP contribution >= 0.6 is 11.6 Å². The van der Waals surface area contributed by atoms with E-state index in [9.17, 15) is 15.0 Å². The maximum Gasteiger partial charge on any atom is 0.407 e. The summed E-state index contributed by atoms with van der Waals surface area (Å²) in [6.07, 6.45) is -1.07. The fourth-order valence-electron chi connectivity index (χ4n) is 1.78. The highest BCUT2D eigenvalue weighted by Gasteiger charge is 2.22. The number of ether oxygens (including phenoxy) is 1. The number of hydrogen-bond donors (Lipinski definition) is 3. The van der Waals surface area contributed by atoms with E-state index in [1.54, 1.807) is 33.0 Å². The molecule has 0 radical (unpaired) electrons. The lowest BCUT2D eigenvalue weighted by Gasteiger charge is -2.21. The van der Waals surface area contributed by atoms with Gasteiger partial charge in [0.2, 0.25) is 0 Å². The Labute approximate surface area is 135 Å². The molecule has 1 aromatic heterocycles. The van der Waals surface area contributed by atoms with E-state index < -0.39 is 23.9 Å². The molecule has 1 rings (SSSR count). The number of rotatable bonds is 5. The van der Waals surface area contributed by atoms with Gasteiger partial charge >= 0.3 is 6.09 Å². The fourth-order valence-corrected chi connectivity index (χ4v) is 2.00. The van der Waals surface area contributed by atoms with Crippen LogP contribution in [-0.2, 0) is 4.74 Å². The third-order valence-corrected chi connectivity index (χ3v) is 3.11. The van der Waals surface area contributed by atoms with Gasteiger partial charge in [-0.25, -0.2) is 9.78 Å². The quantitative estimate of drug-likeness (QED) is 0.721. The first-order chi connectivity index (χ1) is 10.1. The van der Waals surface area contributed by atoms with Crippen LogP contribution in [0.1, 0.15) is 44.4 Å². The molecular weight excluding hydrogens is 308 g/mol. The van der Waals surface area contributed by atoms with Crippen LogP contribution in [0.15, 0.2) is 12.3 Å². The molecule has 22 heavy (non-hydrogen) atoms. The zero-order valence-corrected chi connectivity index (χ0v) is 14.0. The van der Waals surface area contributed by atoms with E-state index in [1.807, 2.05) is 6.92 Å². The van der Waals surface area contributed by atoms with Gasteiger partial charge in [0.1, 0.15) is 16.9 Å². The largest absolute Gasteiger partial charge is 0.444 e. The van der Waals surface area contributed by atoms with Crippen molar-refractivity contribution in [1.29, 1.82) is 0 Å². The van der Waals surface area contributed by atoms with Crippen molar-refractivity contribution in [3.8, 4) is 0 Å². The molecule has 0 saturated carbocycles. The van der Waals surface area contributed by atoms with Crippen molar-refractivity contribution in [2.45, 2.75) is 51.9 Å². The van der Waals surface area contributed by atoms with Crippen LogP contribution in [0.25, 0.3) is 0 Å². The molecular formula is C15H23ClN2O4. The molecule has 7 heteroatoms. The Morgan fingerprint density at radius 3 is 2.68 bits per heavy atom. The van der Waals surface area contributed by atoms with E-state index in [-0.39, 0.29) is 18.1 Å². The van der Waals surface area contributed by atoms with Gasteiger partial charge in [0, 0.05) is 18.3 Å². The van der Waals surface area contributed by atoms with E-state index in [4.69, 9.17) is 16.3 Å². The van der Waals surface area contributed by atoms with Gasteiger partial charge in [0.05, 0.1) is 6.10 Å². The molecule has 0 bridgehead atoms. The molecule has 0 spiro atoms. The fraction of sp³-hybridized carbons (Fsp3) is 0.600. The molecule has 1 heterocycles. The first-order valence-corrected chi connectivity index (χ1v) is 7.43. The van der Waals surface area contributed by atoms with Crippen LogP contribution in [-0.4, -0.2) is 39.5 Å².